The van der Waals surface area contributed by atoms with E-state index in [-0.39, 0.29) is 30.9 Å². The zero-order chi connectivity index (χ0) is 18.9. The Morgan fingerprint density at radius 3 is 2.11 bits per heavy atom. The van der Waals surface area contributed by atoms with E-state index in [2.05, 4.69) is 5.32 Å². The molecule has 0 fully saturated rings. The van der Waals surface area contributed by atoms with Crippen molar-refractivity contribution in [3.63, 3.8) is 0 Å². The van der Waals surface area contributed by atoms with E-state index in [1.165, 1.54) is 0 Å². The van der Waals surface area contributed by atoms with E-state index in [4.69, 9.17) is 4.74 Å². The molecule has 0 bridgehead atoms. The summed E-state index contributed by atoms with van der Waals surface area (Å²) in [5.74, 6) is -0.691. The normalized spacial score (nSPS) is 10.6. The van der Waals surface area contributed by atoms with Crippen LogP contribution in [0, 0.1) is 0 Å². The summed E-state index contributed by atoms with van der Waals surface area (Å²) in [6.07, 6.45) is 0.894. The molecule has 1 heterocycles. The van der Waals surface area contributed by atoms with E-state index in [1.807, 2.05) is 77.5 Å². The Morgan fingerprint density at radius 2 is 1.56 bits per heavy atom. The third-order valence-corrected chi connectivity index (χ3v) is 4.87. The quantitative estimate of drug-likeness (QED) is 0.599. The summed E-state index contributed by atoms with van der Waals surface area (Å²) >= 11 is 1.60. The molecule has 0 saturated carbocycles. The number of ether oxygens (including phenoxy) is 1. The van der Waals surface area contributed by atoms with Gasteiger partial charge in [0.25, 0.3) is 5.91 Å². The Hall–Kier alpha value is -2.92. The monoisotopic (exact) mass is 379 g/mol. The molecule has 1 N–H and O–H groups in total. The zero-order valence-electron chi connectivity index (χ0n) is 14.8. The van der Waals surface area contributed by atoms with Crippen molar-refractivity contribution >= 4 is 23.2 Å². The van der Waals surface area contributed by atoms with E-state index < -0.39 is 0 Å². The van der Waals surface area contributed by atoms with Crippen LogP contribution in [0.2, 0.25) is 0 Å². The van der Waals surface area contributed by atoms with E-state index in [0.29, 0.717) is 6.42 Å². The number of carbonyl (C=O) groups is 2. The summed E-state index contributed by atoms with van der Waals surface area (Å²) in [5.41, 5.74) is 3.05. The SMILES string of the molecule is O=C(COC(=O)CCc1ccsc1)NC(c1ccccc1)c1ccccc1. The van der Waals surface area contributed by atoms with E-state index >= 15 is 0 Å². The Labute approximate surface area is 162 Å². The fourth-order valence-corrected chi connectivity index (χ4v) is 3.46. The standard InChI is InChI=1S/C22H21NO3S/c24-20(15-26-21(25)12-11-17-13-14-27-16-17)23-22(18-7-3-1-4-8-18)19-9-5-2-6-10-19/h1-10,13-14,16,22H,11-12,15H2,(H,23,24). The van der Waals surface area contributed by atoms with Gasteiger partial charge in [-0.3, -0.25) is 9.59 Å². The van der Waals surface area contributed by atoms with Crippen molar-refractivity contribution in [2.24, 2.45) is 0 Å². The highest BCUT2D eigenvalue weighted by molar-refractivity contribution is 7.07. The van der Waals surface area contributed by atoms with Gasteiger partial charge in [0.2, 0.25) is 0 Å². The third-order valence-electron chi connectivity index (χ3n) is 4.13. The molecule has 0 aliphatic carbocycles. The van der Waals surface area contributed by atoms with Gasteiger partial charge in [0, 0.05) is 6.42 Å². The van der Waals surface area contributed by atoms with Crippen LogP contribution in [0.3, 0.4) is 0 Å². The molecule has 4 nitrogen and oxygen atoms in total. The number of hydrogen-bond donors (Lipinski definition) is 1. The summed E-state index contributed by atoms with van der Waals surface area (Å²) in [4.78, 5) is 24.2. The molecule has 0 saturated heterocycles. The Balaban J connectivity index is 1.55. The van der Waals surface area contributed by atoms with Crippen molar-refractivity contribution in [3.05, 3.63) is 94.2 Å². The maximum Gasteiger partial charge on any atom is 0.306 e. The molecular formula is C22H21NO3S. The second-order valence-corrected chi connectivity index (χ2v) is 6.89. The maximum absolute atomic E-state index is 12.4. The van der Waals surface area contributed by atoms with Gasteiger partial charge in [-0.1, -0.05) is 60.7 Å². The average Bonchev–Trinajstić information content (AvgIpc) is 3.24. The van der Waals surface area contributed by atoms with Gasteiger partial charge in [0.15, 0.2) is 6.61 Å². The lowest BCUT2D eigenvalue weighted by Crippen LogP contribution is -2.33. The van der Waals surface area contributed by atoms with Gasteiger partial charge in [-0.15, -0.1) is 0 Å². The fourth-order valence-electron chi connectivity index (χ4n) is 2.75. The molecule has 0 aliphatic heterocycles. The highest BCUT2D eigenvalue weighted by Crippen LogP contribution is 2.21. The van der Waals surface area contributed by atoms with Crippen molar-refractivity contribution in [2.45, 2.75) is 18.9 Å². The first kappa shape index (κ1) is 18.9. The summed E-state index contributed by atoms with van der Waals surface area (Å²) in [7, 11) is 0. The summed E-state index contributed by atoms with van der Waals surface area (Å²) in [6.45, 7) is -0.279. The minimum Gasteiger partial charge on any atom is -0.456 e. The van der Waals surface area contributed by atoms with Crippen molar-refractivity contribution in [1.29, 1.82) is 0 Å². The van der Waals surface area contributed by atoms with Crippen LogP contribution in [-0.4, -0.2) is 18.5 Å². The molecule has 0 radical (unpaired) electrons. The number of aryl methyl sites for hydroxylation is 1. The Morgan fingerprint density at radius 1 is 0.926 bits per heavy atom. The van der Waals surface area contributed by atoms with Crippen LogP contribution in [0.5, 0.6) is 0 Å². The lowest BCUT2D eigenvalue weighted by atomic mass is 9.99. The third kappa shape index (κ3) is 5.79. The molecule has 2 aromatic carbocycles. The maximum atomic E-state index is 12.4. The van der Waals surface area contributed by atoms with Crippen molar-refractivity contribution in [3.8, 4) is 0 Å². The van der Waals surface area contributed by atoms with Crippen molar-refractivity contribution in [1.82, 2.24) is 5.32 Å². The predicted octanol–water partition coefficient (Wildman–Crippen LogP) is 4.13. The second kappa shape index (κ2) is 9.69. The van der Waals surface area contributed by atoms with Gasteiger partial charge in [-0.2, -0.15) is 11.3 Å². The largest absolute Gasteiger partial charge is 0.456 e. The minimum absolute atomic E-state index is 0.269. The van der Waals surface area contributed by atoms with Gasteiger partial charge in [0.05, 0.1) is 6.04 Å². The van der Waals surface area contributed by atoms with Crippen LogP contribution in [0.15, 0.2) is 77.5 Å². The number of amides is 1. The van der Waals surface area contributed by atoms with Crippen LogP contribution in [0.4, 0.5) is 0 Å². The van der Waals surface area contributed by atoms with Crippen molar-refractivity contribution < 1.29 is 14.3 Å². The molecule has 5 heteroatoms. The molecule has 27 heavy (non-hydrogen) atoms. The first-order chi connectivity index (χ1) is 13.2. The van der Waals surface area contributed by atoms with Crippen molar-refractivity contribution in [2.75, 3.05) is 6.61 Å². The number of nitrogens with one attached hydrogen (secondary N) is 1. The predicted molar refractivity (Wildman–Crippen MR) is 106 cm³/mol. The Kier molecular flexibility index (Phi) is 6.77. The molecule has 0 atom stereocenters. The zero-order valence-corrected chi connectivity index (χ0v) is 15.7. The van der Waals surface area contributed by atoms with Crippen LogP contribution >= 0.6 is 11.3 Å². The smallest absolute Gasteiger partial charge is 0.306 e. The first-order valence-electron chi connectivity index (χ1n) is 8.78. The van der Waals surface area contributed by atoms with Gasteiger partial charge in [0.1, 0.15) is 0 Å². The van der Waals surface area contributed by atoms with Crippen LogP contribution in [0.25, 0.3) is 0 Å². The van der Waals surface area contributed by atoms with E-state index in [1.54, 1.807) is 11.3 Å². The van der Waals surface area contributed by atoms with E-state index in [9.17, 15) is 9.59 Å². The lowest BCUT2D eigenvalue weighted by Gasteiger charge is -2.20. The minimum atomic E-state index is -0.368. The molecule has 3 rings (SSSR count). The van der Waals surface area contributed by atoms with Gasteiger partial charge < -0.3 is 10.1 Å². The topological polar surface area (TPSA) is 55.4 Å². The molecule has 3 aromatic rings. The summed E-state index contributed by atoms with van der Waals surface area (Å²) < 4.78 is 5.13. The van der Waals surface area contributed by atoms with Crippen LogP contribution in [-0.2, 0) is 20.7 Å². The number of thiophene rings is 1. The van der Waals surface area contributed by atoms with Gasteiger partial charge >= 0.3 is 5.97 Å². The molecule has 0 unspecified atom stereocenters. The highest BCUT2D eigenvalue weighted by Gasteiger charge is 2.17. The number of esters is 1. The number of rotatable bonds is 8. The molecule has 138 valence electrons. The number of hydrogen-bond acceptors (Lipinski definition) is 4. The molecule has 0 spiro atoms. The second-order valence-electron chi connectivity index (χ2n) is 6.11. The van der Waals surface area contributed by atoms with Crippen LogP contribution < -0.4 is 5.32 Å². The Bertz CT molecular complexity index is 808. The van der Waals surface area contributed by atoms with Gasteiger partial charge in [-0.25, -0.2) is 0 Å². The molecule has 1 amide bonds. The molecule has 0 aliphatic rings. The fraction of sp³-hybridized carbons (Fsp3) is 0.182. The molecular weight excluding hydrogens is 358 g/mol. The molecule has 1 aromatic heterocycles. The van der Waals surface area contributed by atoms with E-state index in [0.717, 1.165) is 16.7 Å². The summed E-state index contributed by atoms with van der Waals surface area (Å²) in [6, 6.07) is 21.1. The summed E-state index contributed by atoms with van der Waals surface area (Å²) in [5, 5.41) is 6.94. The van der Waals surface area contributed by atoms with Crippen LogP contribution in [0.1, 0.15) is 29.2 Å². The lowest BCUT2D eigenvalue weighted by molar-refractivity contribution is -0.148. The first-order valence-corrected chi connectivity index (χ1v) is 9.72. The van der Waals surface area contributed by atoms with Gasteiger partial charge in [-0.05, 0) is 39.9 Å². The highest BCUT2D eigenvalue weighted by atomic mass is 32.1. The number of benzene rings is 2. The number of carbonyl (C=O) groups excluding carboxylic acids is 2. The average molecular weight is 379 g/mol.